The summed E-state index contributed by atoms with van der Waals surface area (Å²) in [5.41, 5.74) is 0.481. The van der Waals surface area contributed by atoms with Gasteiger partial charge in [-0.2, -0.15) is 0 Å². The van der Waals surface area contributed by atoms with Gasteiger partial charge in [-0.3, -0.25) is 9.79 Å². The van der Waals surface area contributed by atoms with Crippen molar-refractivity contribution in [2.45, 2.75) is 13.5 Å². The SMILES string of the molecule is CN=C(NCCNC(=O)c1ccccc1Cl)NCc1ccc(C)s1.I. The Morgan fingerprint density at radius 3 is 2.48 bits per heavy atom. The fourth-order valence-electron chi connectivity index (χ4n) is 2.07. The van der Waals surface area contributed by atoms with E-state index in [-0.39, 0.29) is 29.9 Å². The number of aryl methyl sites for hydroxylation is 1. The summed E-state index contributed by atoms with van der Waals surface area (Å²) in [5.74, 6) is 0.521. The van der Waals surface area contributed by atoms with E-state index >= 15 is 0 Å². The summed E-state index contributed by atoms with van der Waals surface area (Å²) < 4.78 is 0. The summed E-state index contributed by atoms with van der Waals surface area (Å²) in [6.07, 6.45) is 0. The fraction of sp³-hybridized carbons (Fsp3) is 0.294. The Kier molecular flexibility index (Phi) is 9.84. The van der Waals surface area contributed by atoms with Gasteiger partial charge >= 0.3 is 0 Å². The molecule has 136 valence electrons. The Morgan fingerprint density at radius 2 is 1.84 bits per heavy atom. The minimum absolute atomic E-state index is 0. The molecule has 8 heteroatoms. The predicted octanol–water partition coefficient (Wildman–Crippen LogP) is 3.42. The van der Waals surface area contributed by atoms with Crippen molar-refractivity contribution in [3.63, 3.8) is 0 Å². The summed E-state index contributed by atoms with van der Waals surface area (Å²) in [4.78, 5) is 18.7. The first kappa shape index (κ1) is 21.7. The van der Waals surface area contributed by atoms with Crippen molar-refractivity contribution in [3.8, 4) is 0 Å². The molecule has 0 unspecified atom stereocenters. The van der Waals surface area contributed by atoms with Crippen LogP contribution in [0.4, 0.5) is 0 Å². The monoisotopic (exact) mass is 492 g/mol. The van der Waals surface area contributed by atoms with Gasteiger partial charge in [0.15, 0.2) is 5.96 Å². The average molecular weight is 493 g/mol. The van der Waals surface area contributed by atoms with Crippen molar-refractivity contribution in [1.29, 1.82) is 0 Å². The second-order valence-electron chi connectivity index (χ2n) is 5.10. The Morgan fingerprint density at radius 1 is 1.12 bits per heavy atom. The standard InChI is InChI=1S/C17H21ClN4OS.HI/c1-12-7-8-13(24-12)11-22-17(19-2)21-10-9-20-16(23)14-5-3-4-6-15(14)18;/h3-8H,9-11H2,1-2H3,(H,20,23)(H2,19,21,22);1H. The zero-order valence-corrected chi connectivity index (χ0v) is 18.0. The molecule has 1 aromatic heterocycles. The van der Waals surface area contributed by atoms with Gasteiger partial charge in [-0.25, -0.2) is 0 Å². The van der Waals surface area contributed by atoms with Crippen LogP contribution in [-0.4, -0.2) is 32.0 Å². The molecule has 0 saturated heterocycles. The van der Waals surface area contributed by atoms with E-state index in [2.05, 4.69) is 40.0 Å². The third-order valence-electron chi connectivity index (χ3n) is 3.27. The molecule has 5 nitrogen and oxygen atoms in total. The highest BCUT2D eigenvalue weighted by molar-refractivity contribution is 14.0. The first-order valence-electron chi connectivity index (χ1n) is 7.62. The molecule has 0 aliphatic heterocycles. The number of aliphatic imine (C=N–C) groups is 1. The number of hydrogen-bond acceptors (Lipinski definition) is 3. The first-order chi connectivity index (χ1) is 11.6. The van der Waals surface area contributed by atoms with E-state index in [9.17, 15) is 4.79 Å². The van der Waals surface area contributed by atoms with Crippen LogP contribution in [0.5, 0.6) is 0 Å². The molecule has 2 rings (SSSR count). The van der Waals surface area contributed by atoms with Gasteiger partial charge in [0.2, 0.25) is 0 Å². The maximum Gasteiger partial charge on any atom is 0.252 e. The molecule has 0 fully saturated rings. The van der Waals surface area contributed by atoms with Crippen LogP contribution < -0.4 is 16.0 Å². The predicted molar refractivity (Wildman–Crippen MR) is 116 cm³/mol. The lowest BCUT2D eigenvalue weighted by atomic mass is 10.2. The summed E-state index contributed by atoms with van der Waals surface area (Å²) >= 11 is 7.76. The van der Waals surface area contributed by atoms with Gasteiger partial charge in [0, 0.05) is 29.9 Å². The number of benzene rings is 1. The van der Waals surface area contributed by atoms with Gasteiger partial charge in [0.05, 0.1) is 17.1 Å². The van der Waals surface area contributed by atoms with E-state index in [4.69, 9.17) is 11.6 Å². The zero-order valence-electron chi connectivity index (χ0n) is 14.1. The van der Waals surface area contributed by atoms with Gasteiger partial charge in [0.25, 0.3) is 5.91 Å². The molecule has 1 heterocycles. The maximum absolute atomic E-state index is 12.0. The summed E-state index contributed by atoms with van der Waals surface area (Å²) in [6, 6.07) is 11.2. The second-order valence-corrected chi connectivity index (χ2v) is 6.88. The number of rotatable bonds is 6. The Labute approximate surface area is 174 Å². The first-order valence-corrected chi connectivity index (χ1v) is 8.82. The number of carbonyl (C=O) groups is 1. The lowest BCUT2D eigenvalue weighted by Gasteiger charge is -2.12. The van der Waals surface area contributed by atoms with Crippen LogP contribution in [0.15, 0.2) is 41.4 Å². The maximum atomic E-state index is 12.0. The van der Waals surface area contributed by atoms with Crippen LogP contribution in [0.3, 0.4) is 0 Å². The molecular weight excluding hydrogens is 471 g/mol. The quantitative estimate of drug-likeness (QED) is 0.251. The Balaban J connectivity index is 0.00000312. The van der Waals surface area contributed by atoms with Gasteiger partial charge in [0.1, 0.15) is 0 Å². The molecule has 2 aromatic rings. The largest absolute Gasteiger partial charge is 0.355 e. The molecule has 25 heavy (non-hydrogen) atoms. The molecule has 1 aromatic carbocycles. The van der Waals surface area contributed by atoms with Crippen LogP contribution in [0.2, 0.25) is 5.02 Å². The van der Waals surface area contributed by atoms with Crippen LogP contribution in [0.25, 0.3) is 0 Å². The highest BCUT2D eigenvalue weighted by atomic mass is 127. The molecule has 0 aliphatic rings. The van der Waals surface area contributed by atoms with Gasteiger partial charge < -0.3 is 16.0 Å². The third kappa shape index (κ3) is 7.21. The van der Waals surface area contributed by atoms with Gasteiger partial charge in [-0.05, 0) is 31.2 Å². The summed E-state index contributed by atoms with van der Waals surface area (Å²) in [6.45, 7) is 3.86. The van der Waals surface area contributed by atoms with Crippen LogP contribution in [-0.2, 0) is 6.54 Å². The highest BCUT2D eigenvalue weighted by Crippen LogP contribution is 2.15. The smallest absolute Gasteiger partial charge is 0.252 e. The number of amides is 1. The van der Waals surface area contributed by atoms with Crippen LogP contribution in [0, 0.1) is 6.92 Å². The van der Waals surface area contributed by atoms with Crippen molar-refractivity contribution in [3.05, 3.63) is 56.7 Å². The number of nitrogens with zero attached hydrogens (tertiary/aromatic N) is 1. The molecule has 3 N–H and O–H groups in total. The van der Waals surface area contributed by atoms with Gasteiger partial charge in [-0.1, -0.05) is 23.7 Å². The zero-order chi connectivity index (χ0) is 17.4. The Bertz CT molecular complexity index is 720. The van der Waals surface area contributed by atoms with Crippen LogP contribution in [0.1, 0.15) is 20.1 Å². The molecule has 0 spiro atoms. The lowest BCUT2D eigenvalue weighted by molar-refractivity contribution is 0.0954. The molecule has 0 radical (unpaired) electrons. The van der Waals surface area contributed by atoms with Gasteiger partial charge in [-0.15, -0.1) is 35.3 Å². The summed E-state index contributed by atoms with van der Waals surface area (Å²) in [7, 11) is 1.72. The minimum Gasteiger partial charge on any atom is -0.355 e. The van der Waals surface area contributed by atoms with Crippen molar-refractivity contribution in [2.75, 3.05) is 20.1 Å². The molecule has 0 aliphatic carbocycles. The molecule has 0 saturated carbocycles. The second kappa shape index (κ2) is 11.3. The molecular formula is C17H22ClIN4OS. The summed E-state index contributed by atoms with van der Waals surface area (Å²) in [5, 5.41) is 9.69. The molecule has 0 atom stereocenters. The van der Waals surface area contributed by atoms with E-state index in [1.54, 1.807) is 42.6 Å². The molecule has 1 amide bonds. The Hall–Kier alpha value is -1.32. The number of guanidine groups is 1. The number of thiophene rings is 1. The van der Waals surface area contributed by atoms with E-state index < -0.39 is 0 Å². The third-order valence-corrected chi connectivity index (χ3v) is 4.60. The van der Waals surface area contributed by atoms with Crippen molar-refractivity contribution in [2.24, 2.45) is 4.99 Å². The van der Waals surface area contributed by atoms with Crippen molar-refractivity contribution < 1.29 is 4.79 Å². The topological polar surface area (TPSA) is 65.5 Å². The van der Waals surface area contributed by atoms with E-state index in [0.29, 0.717) is 29.6 Å². The molecule has 0 bridgehead atoms. The van der Waals surface area contributed by atoms with E-state index in [1.165, 1.54) is 9.75 Å². The highest BCUT2D eigenvalue weighted by Gasteiger charge is 2.08. The number of halogens is 2. The van der Waals surface area contributed by atoms with Crippen molar-refractivity contribution >= 4 is 58.8 Å². The number of hydrogen-bond donors (Lipinski definition) is 3. The van der Waals surface area contributed by atoms with Crippen LogP contribution >= 0.6 is 46.9 Å². The fourth-order valence-corrected chi connectivity index (χ4v) is 3.12. The number of nitrogens with one attached hydrogen (secondary N) is 3. The lowest BCUT2D eigenvalue weighted by Crippen LogP contribution is -2.41. The van der Waals surface area contributed by atoms with Crippen molar-refractivity contribution in [1.82, 2.24) is 16.0 Å². The normalized spacial score (nSPS) is 10.8. The average Bonchev–Trinajstić information content (AvgIpc) is 3.00. The van der Waals surface area contributed by atoms with E-state index in [0.717, 1.165) is 6.54 Å². The minimum atomic E-state index is -0.181. The van der Waals surface area contributed by atoms with E-state index in [1.807, 2.05) is 0 Å². The number of carbonyl (C=O) groups excluding carboxylic acids is 1.